The Morgan fingerprint density at radius 3 is 2.46 bits per heavy atom. The third-order valence-corrected chi connectivity index (χ3v) is 6.53. The van der Waals surface area contributed by atoms with Crippen LogP contribution < -0.4 is 5.32 Å². The molecule has 3 rings (SSSR count). The smallest absolute Gasteiger partial charge is 0.317 e. The molecule has 0 spiro atoms. The molecule has 1 aliphatic heterocycles. The largest absolute Gasteiger partial charge is 0.396 e. The zero-order valence-electron chi connectivity index (χ0n) is 17.2. The van der Waals surface area contributed by atoms with Crippen molar-refractivity contribution in [3.63, 3.8) is 0 Å². The molecule has 1 saturated heterocycles. The summed E-state index contributed by atoms with van der Waals surface area (Å²) in [5, 5.41) is 13.2. The molecule has 2 fully saturated rings. The van der Waals surface area contributed by atoms with E-state index in [-0.39, 0.29) is 29.3 Å². The lowest BCUT2D eigenvalue weighted by Crippen LogP contribution is -2.55. The summed E-state index contributed by atoms with van der Waals surface area (Å²) in [5.74, 6) is -0.226. The summed E-state index contributed by atoms with van der Waals surface area (Å²) in [6.45, 7) is 2.75. The lowest BCUT2D eigenvalue weighted by molar-refractivity contribution is 0.0269. The number of nitrogens with zero attached hydrogens (tertiary/aromatic N) is 2. The average molecular weight is 392 g/mol. The number of amides is 2. The maximum atomic E-state index is 13.4. The number of urea groups is 1. The van der Waals surface area contributed by atoms with Gasteiger partial charge in [0, 0.05) is 37.0 Å². The van der Waals surface area contributed by atoms with Gasteiger partial charge in [0.1, 0.15) is 5.82 Å². The molecule has 1 saturated carbocycles. The van der Waals surface area contributed by atoms with Crippen molar-refractivity contribution in [2.45, 2.75) is 43.9 Å². The summed E-state index contributed by atoms with van der Waals surface area (Å²) in [6.07, 6.45) is 6.14. The summed E-state index contributed by atoms with van der Waals surface area (Å²) < 4.78 is 13.4. The molecule has 1 aromatic rings. The van der Waals surface area contributed by atoms with Crippen LogP contribution in [-0.2, 0) is 5.41 Å². The number of piperidine rings is 1. The second-order valence-corrected chi connectivity index (χ2v) is 9.07. The van der Waals surface area contributed by atoms with Crippen LogP contribution >= 0.6 is 0 Å². The van der Waals surface area contributed by atoms with Crippen LogP contribution in [0.2, 0.25) is 0 Å². The number of hydrogen-bond donors (Lipinski definition) is 2. The first-order chi connectivity index (χ1) is 13.4. The van der Waals surface area contributed by atoms with Crippen molar-refractivity contribution < 1.29 is 14.3 Å². The number of hydrogen-bond acceptors (Lipinski definition) is 3. The topological polar surface area (TPSA) is 55.8 Å². The highest BCUT2D eigenvalue weighted by Gasteiger charge is 2.39. The van der Waals surface area contributed by atoms with Gasteiger partial charge < -0.3 is 20.2 Å². The SMILES string of the molecule is CN(C)CC1(CO)CCCN(C(=O)NCC2(c3ccc(F)cc3)CCCC2)C1. The lowest BCUT2D eigenvalue weighted by atomic mass is 9.78. The minimum atomic E-state index is -0.249. The summed E-state index contributed by atoms with van der Waals surface area (Å²) >= 11 is 0. The van der Waals surface area contributed by atoms with Gasteiger partial charge in [-0.3, -0.25) is 0 Å². The Balaban J connectivity index is 1.65. The van der Waals surface area contributed by atoms with Gasteiger partial charge in [-0.1, -0.05) is 25.0 Å². The van der Waals surface area contributed by atoms with Crippen LogP contribution in [0.3, 0.4) is 0 Å². The van der Waals surface area contributed by atoms with E-state index in [0.717, 1.165) is 57.2 Å². The van der Waals surface area contributed by atoms with Crippen molar-refractivity contribution in [1.29, 1.82) is 0 Å². The predicted molar refractivity (Wildman–Crippen MR) is 109 cm³/mol. The summed E-state index contributed by atoms with van der Waals surface area (Å²) in [4.78, 5) is 16.9. The highest BCUT2D eigenvalue weighted by atomic mass is 19.1. The summed E-state index contributed by atoms with van der Waals surface area (Å²) in [5.41, 5.74) is 0.764. The Kier molecular flexibility index (Phi) is 6.61. The van der Waals surface area contributed by atoms with E-state index in [0.29, 0.717) is 13.1 Å². The van der Waals surface area contributed by atoms with Crippen molar-refractivity contribution in [2.24, 2.45) is 5.41 Å². The molecule has 28 heavy (non-hydrogen) atoms. The number of carbonyl (C=O) groups excluding carboxylic acids is 1. The van der Waals surface area contributed by atoms with Crippen LogP contribution in [0.5, 0.6) is 0 Å². The molecular formula is C22H34FN3O2. The van der Waals surface area contributed by atoms with E-state index in [1.54, 1.807) is 0 Å². The van der Waals surface area contributed by atoms with Crippen LogP contribution in [0.1, 0.15) is 44.1 Å². The number of nitrogens with one attached hydrogen (secondary N) is 1. The highest BCUT2D eigenvalue weighted by Crippen LogP contribution is 2.40. The number of aliphatic hydroxyl groups is 1. The minimum absolute atomic E-state index is 0.0512. The van der Waals surface area contributed by atoms with Gasteiger partial charge in [0.25, 0.3) is 0 Å². The van der Waals surface area contributed by atoms with E-state index in [9.17, 15) is 14.3 Å². The zero-order chi connectivity index (χ0) is 20.2. The van der Waals surface area contributed by atoms with Gasteiger partial charge in [-0.05, 0) is 57.5 Å². The number of carbonyl (C=O) groups is 1. The Morgan fingerprint density at radius 1 is 1.18 bits per heavy atom. The van der Waals surface area contributed by atoms with Gasteiger partial charge in [-0.2, -0.15) is 0 Å². The second kappa shape index (κ2) is 8.78. The fourth-order valence-corrected chi connectivity index (χ4v) is 5.14. The summed E-state index contributed by atoms with van der Waals surface area (Å²) in [6, 6.07) is 6.70. The maximum absolute atomic E-state index is 13.4. The first kappa shape index (κ1) is 21.1. The van der Waals surface area contributed by atoms with E-state index < -0.39 is 0 Å². The normalized spacial score (nSPS) is 24.5. The van der Waals surface area contributed by atoms with Gasteiger partial charge in [0.2, 0.25) is 0 Å². The van der Waals surface area contributed by atoms with Crippen molar-refractivity contribution >= 4 is 6.03 Å². The summed E-state index contributed by atoms with van der Waals surface area (Å²) in [7, 11) is 4.01. The Morgan fingerprint density at radius 2 is 1.86 bits per heavy atom. The molecular weight excluding hydrogens is 357 g/mol. The number of aliphatic hydroxyl groups excluding tert-OH is 1. The van der Waals surface area contributed by atoms with Crippen molar-refractivity contribution in [1.82, 2.24) is 15.1 Å². The van der Waals surface area contributed by atoms with Crippen molar-refractivity contribution in [3.05, 3.63) is 35.6 Å². The van der Waals surface area contributed by atoms with Crippen LogP contribution in [0.15, 0.2) is 24.3 Å². The third-order valence-electron chi connectivity index (χ3n) is 6.53. The molecule has 1 heterocycles. The molecule has 1 unspecified atom stereocenters. The Labute approximate surface area is 167 Å². The fraction of sp³-hybridized carbons (Fsp3) is 0.682. The first-order valence-electron chi connectivity index (χ1n) is 10.4. The quantitative estimate of drug-likeness (QED) is 0.784. The second-order valence-electron chi connectivity index (χ2n) is 9.07. The average Bonchev–Trinajstić information content (AvgIpc) is 3.16. The lowest BCUT2D eigenvalue weighted by Gasteiger charge is -2.43. The molecule has 2 N–H and O–H groups in total. The molecule has 0 radical (unpaired) electrons. The van der Waals surface area contributed by atoms with E-state index in [1.165, 1.54) is 12.1 Å². The molecule has 1 aliphatic carbocycles. The first-order valence-corrected chi connectivity index (χ1v) is 10.4. The number of likely N-dealkylation sites (tertiary alicyclic amines) is 1. The van der Waals surface area contributed by atoms with Gasteiger partial charge >= 0.3 is 6.03 Å². The molecule has 1 atom stereocenters. The van der Waals surface area contributed by atoms with Crippen molar-refractivity contribution in [2.75, 3.05) is 46.9 Å². The van der Waals surface area contributed by atoms with Crippen LogP contribution in [0.25, 0.3) is 0 Å². The van der Waals surface area contributed by atoms with Crippen molar-refractivity contribution in [3.8, 4) is 0 Å². The molecule has 5 nitrogen and oxygen atoms in total. The monoisotopic (exact) mass is 391 g/mol. The van der Waals surface area contributed by atoms with Crippen LogP contribution in [-0.4, -0.2) is 67.8 Å². The van der Waals surface area contributed by atoms with Gasteiger partial charge in [0.15, 0.2) is 0 Å². The maximum Gasteiger partial charge on any atom is 0.317 e. The number of rotatable bonds is 6. The molecule has 2 aliphatic rings. The standard InChI is InChI=1S/C22H34FN3O2/c1-25(2)15-21(17-27)10-5-13-26(16-21)20(28)24-14-22(11-3-4-12-22)18-6-8-19(23)9-7-18/h6-9,27H,3-5,10-17H2,1-2H3,(H,24,28). The molecule has 1 aromatic carbocycles. The third kappa shape index (κ3) is 4.66. The zero-order valence-corrected chi connectivity index (χ0v) is 17.2. The van der Waals surface area contributed by atoms with E-state index in [1.807, 2.05) is 31.1 Å². The van der Waals surface area contributed by atoms with Gasteiger partial charge in [-0.15, -0.1) is 0 Å². The van der Waals surface area contributed by atoms with Gasteiger partial charge in [0.05, 0.1) is 6.61 Å². The Bertz CT molecular complexity index is 658. The van der Waals surface area contributed by atoms with Gasteiger partial charge in [-0.25, -0.2) is 9.18 Å². The molecule has 6 heteroatoms. The predicted octanol–water partition coefficient (Wildman–Crippen LogP) is 2.98. The molecule has 2 amide bonds. The van der Waals surface area contributed by atoms with E-state index in [2.05, 4.69) is 10.2 Å². The fourth-order valence-electron chi connectivity index (χ4n) is 5.14. The van der Waals surface area contributed by atoms with Crippen LogP contribution in [0.4, 0.5) is 9.18 Å². The Hall–Kier alpha value is -1.66. The molecule has 0 aromatic heterocycles. The highest BCUT2D eigenvalue weighted by molar-refractivity contribution is 5.74. The van der Waals surface area contributed by atoms with E-state index >= 15 is 0 Å². The molecule has 0 bridgehead atoms. The van der Waals surface area contributed by atoms with Crippen LogP contribution in [0, 0.1) is 11.2 Å². The minimum Gasteiger partial charge on any atom is -0.396 e. The number of benzene rings is 1. The molecule has 156 valence electrons. The number of halogens is 1. The van der Waals surface area contributed by atoms with E-state index in [4.69, 9.17) is 0 Å².